The SMILES string of the molecule is CS(=O)(=O)N1CCC(C(=O)N[C@@H](CCOCCCC(=O)N2CCN(CCCOC3CCC4C(=O)N(C5CCC(=O)NC5=O)C(=O)C4C3)CC2)C(=O)NC2NC(C3CCCCC3)CS2)C1. The first-order valence-electron chi connectivity index (χ1n) is 23.6. The van der Waals surface area contributed by atoms with E-state index in [1.54, 1.807) is 11.8 Å². The molecule has 0 aromatic heterocycles. The summed E-state index contributed by atoms with van der Waals surface area (Å²) in [6, 6.07) is -1.44. The van der Waals surface area contributed by atoms with Gasteiger partial charge in [0, 0.05) is 90.3 Å². The predicted molar refractivity (Wildman–Crippen MR) is 235 cm³/mol. The first-order chi connectivity index (χ1) is 30.7. The number of ether oxygens (including phenoxy) is 2. The van der Waals surface area contributed by atoms with Crippen LogP contribution in [0.2, 0.25) is 0 Å². The Kier molecular flexibility index (Phi) is 17.1. The number of piperazine rings is 1. The summed E-state index contributed by atoms with van der Waals surface area (Å²) < 4.78 is 37.5. The maximum absolute atomic E-state index is 13.6. The number of piperidine rings is 1. The van der Waals surface area contributed by atoms with E-state index < -0.39 is 45.8 Å². The quantitative estimate of drug-likeness (QED) is 0.0998. The number of imide groups is 2. The normalized spacial score (nSPS) is 30.4. The Hall–Kier alpha value is -3.21. The molecule has 21 heteroatoms. The molecule has 0 radical (unpaired) electrons. The van der Waals surface area contributed by atoms with Crippen LogP contribution in [0.15, 0.2) is 0 Å². The number of likely N-dealkylation sites (tertiary alicyclic amines) is 1. The number of carbonyl (C=O) groups is 7. The van der Waals surface area contributed by atoms with Crippen LogP contribution in [-0.2, 0) is 53.1 Å². The Morgan fingerprint density at radius 3 is 2.38 bits per heavy atom. The first kappa shape index (κ1) is 48.7. The summed E-state index contributed by atoms with van der Waals surface area (Å²) in [6.07, 6.45) is 11.3. The van der Waals surface area contributed by atoms with Gasteiger partial charge in [-0.05, 0) is 70.1 Å². The van der Waals surface area contributed by atoms with Gasteiger partial charge in [-0.2, -0.15) is 0 Å². The van der Waals surface area contributed by atoms with E-state index in [1.807, 2.05) is 4.90 Å². The van der Waals surface area contributed by atoms with Gasteiger partial charge in [0.1, 0.15) is 17.6 Å². The third-order valence-corrected chi connectivity index (χ3v) is 16.7. The number of amides is 7. The molecule has 5 aliphatic heterocycles. The van der Waals surface area contributed by atoms with Crippen molar-refractivity contribution >= 4 is 63.1 Å². The van der Waals surface area contributed by atoms with Crippen LogP contribution in [0.1, 0.15) is 96.3 Å². The lowest BCUT2D eigenvalue weighted by atomic mass is 9.79. The fourth-order valence-electron chi connectivity index (χ4n) is 10.5. The lowest BCUT2D eigenvalue weighted by Gasteiger charge is -2.35. The van der Waals surface area contributed by atoms with Crippen LogP contribution < -0.4 is 21.3 Å². The van der Waals surface area contributed by atoms with Gasteiger partial charge in [0.15, 0.2) is 0 Å². The number of sulfonamides is 1. The number of nitrogens with zero attached hydrogens (tertiary/aromatic N) is 4. The van der Waals surface area contributed by atoms with Crippen LogP contribution in [0, 0.1) is 23.7 Å². The van der Waals surface area contributed by atoms with Crippen molar-refractivity contribution in [2.75, 3.05) is 77.6 Å². The van der Waals surface area contributed by atoms with Crippen molar-refractivity contribution in [3.63, 3.8) is 0 Å². The lowest BCUT2D eigenvalue weighted by molar-refractivity contribution is -0.151. The Morgan fingerprint density at radius 1 is 0.875 bits per heavy atom. The molecule has 7 amide bonds. The molecule has 4 N–H and O–H groups in total. The zero-order valence-corrected chi connectivity index (χ0v) is 38.8. The zero-order chi connectivity index (χ0) is 45.4. The molecule has 0 spiro atoms. The van der Waals surface area contributed by atoms with Crippen molar-refractivity contribution in [2.45, 2.75) is 126 Å². The number of fused-ring (bicyclic) bond motifs is 1. The summed E-state index contributed by atoms with van der Waals surface area (Å²) in [5.41, 5.74) is -0.256. The van der Waals surface area contributed by atoms with E-state index in [0.29, 0.717) is 76.8 Å². The molecule has 358 valence electrons. The monoisotopic (exact) mass is 936 g/mol. The third-order valence-electron chi connectivity index (χ3n) is 14.3. The van der Waals surface area contributed by atoms with Gasteiger partial charge < -0.3 is 25.0 Å². The van der Waals surface area contributed by atoms with Crippen molar-refractivity contribution in [3.8, 4) is 0 Å². The molecule has 19 nitrogen and oxygen atoms in total. The van der Waals surface area contributed by atoms with E-state index in [1.165, 1.54) is 36.4 Å². The molecule has 64 heavy (non-hydrogen) atoms. The summed E-state index contributed by atoms with van der Waals surface area (Å²) in [6.45, 7) is 4.97. The maximum Gasteiger partial charge on any atom is 0.249 e. The standard InChI is InChI=1S/C43H68N8O11S2/c1-64(59,60)50-17-14-29(26-50)38(54)44-33(39(55)47-43-45-34(27-63-43)28-7-3-2-4-8-28)15-24-61-22-5-9-37(53)49-20-18-48(19-21-49)16-6-23-62-30-10-11-31-32(25-30)42(58)51(41(31)57)35-12-13-36(52)46-40(35)56/h28-35,43,45H,2-27H2,1H3,(H,44,54)(H,47,55)(H,46,52,56)/t29?,30?,31?,32?,33-,34?,35?,43?/m0/s1. The van der Waals surface area contributed by atoms with Gasteiger partial charge in [-0.25, -0.2) is 12.7 Å². The largest absolute Gasteiger partial charge is 0.381 e. The Balaban J connectivity index is 0.763. The number of hydrogen-bond donors (Lipinski definition) is 4. The maximum atomic E-state index is 13.6. The van der Waals surface area contributed by atoms with Gasteiger partial charge in [-0.1, -0.05) is 19.3 Å². The molecule has 2 saturated carbocycles. The molecular weight excluding hydrogens is 869 g/mol. The van der Waals surface area contributed by atoms with Crippen molar-refractivity contribution in [2.24, 2.45) is 23.7 Å². The molecule has 7 aliphatic rings. The zero-order valence-electron chi connectivity index (χ0n) is 37.2. The number of carbonyl (C=O) groups excluding carboxylic acids is 7. The molecule has 5 saturated heterocycles. The Labute approximate surface area is 381 Å². The van der Waals surface area contributed by atoms with Gasteiger partial charge in [-0.3, -0.25) is 54.0 Å². The van der Waals surface area contributed by atoms with E-state index in [0.717, 1.165) is 43.0 Å². The summed E-state index contributed by atoms with van der Waals surface area (Å²) in [7, 11) is -3.42. The highest BCUT2D eigenvalue weighted by Crippen LogP contribution is 2.41. The second-order valence-electron chi connectivity index (χ2n) is 18.7. The van der Waals surface area contributed by atoms with Gasteiger partial charge in [-0.15, -0.1) is 11.8 Å². The van der Waals surface area contributed by atoms with Crippen LogP contribution >= 0.6 is 11.8 Å². The predicted octanol–water partition coefficient (Wildman–Crippen LogP) is 0.135. The Morgan fingerprint density at radius 2 is 1.64 bits per heavy atom. The summed E-state index contributed by atoms with van der Waals surface area (Å²) in [5, 5.41) is 11.8. The molecule has 0 aromatic carbocycles. The molecule has 0 bridgehead atoms. The average molecular weight is 937 g/mol. The first-order valence-corrected chi connectivity index (χ1v) is 26.5. The van der Waals surface area contributed by atoms with E-state index in [2.05, 4.69) is 26.2 Å². The lowest BCUT2D eigenvalue weighted by Crippen LogP contribution is -2.54. The van der Waals surface area contributed by atoms with E-state index in [4.69, 9.17) is 9.47 Å². The van der Waals surface area contributed by atoms with Crippen LogP contribution in [-0.4, -0.2) is 176 Å². The van der Waals surface area contributed by atoms with Crippen LogP contribution in [0.25, 0.3) is 0 Å². The topological polar surface area (TPSA) is 233 Å². The molecule has 7 rings (SSSR count). The molecular formula is C43H68N8O11S2. The highest BCUT2D eigenvalue weighted by atomic mass is 32.2. The minimum atomic E-state index is -3.42. The molecule has 7 fully saturated rings. The number of hydrogen-bond acceptors (Lipinski definition) is 14. The van der Waals surface area contributed by atoms with Crippen molar-refractivity contribution < 1.29 is 51.5 Å². The van der Waals surface area contributed by atoms with E-state index in [-0.39, 0.29) is 86.0 Å². The van der Waals surface area contributed by atoms with Gasteiger partial charge >= 0.3 is 0 Å². The minimum absolute atomic E-state index is 0.0654. The second kappa shape index (κ2) is 22.5. The summed E-state index contributed by atoms with van der Waals surface area (Å²) >= 11 is 1.67. The van der Waals surface area contributed by atoms with Crippen LogP contribution in [0.3, 0.4) is 0 Å². The summed E-state index contributed by atoms with van der Waals surface area (Å²) in [5.74, 6) is -2.18. The highest BCUT2D eigenvalue weighted by molar-refractivity contribution is 8.00. The van der Waals surface area contributed by atoms with Crippen molar-refractivity contribution in [3.05, 3.63) is 0 Å². The smallest absolute Gasteiger partial charge is 0.249 e. The molecule has 0 aromatic rings. The van der Waals surface area contributed by atoms with Crippen molar-refractivity contribution in [1.82, 2.24) is 40.3 Å². The number of nitrogens with one attached hydrogen (secondary N) is 4. The van der Waals surface area contributed by atoms with E-state index >= 15 is 0 Å². The van der Waals surface area contributed by atoms with Crippen LogP contribution in [0.5, 0.6) is 0 Å². The highest BCUT2D eigenvalue weighted by Gasteiger charge is 2.54. The number of rotatable bonds is 19. The second-order valence-corrected chi connectivity index (χ2v) is 21.8. The fraction of sp³-hybridized carbons (Fsp3) is 0.837. The van der Waals surface area contributed by atoms with Gasteiger partial charge in [0.2, 0.25) is 51.4 Å². The van der Waals surface area contributed by atoms with Crippen LogP contribution in [0.4, 0.5) is 0 Å². The van der Waals surface area contributed by atoms with Gasteiger partial charge in [0.25, 0.3) is 0 Å². The summed E-state index contributed by atoms with van der Waals surface area (Å²) in [4.78, 5) is 95.5. The minimum Gasteiger partial charge on any atom is -0.381 e. The molecule has 7 unspecified atom stereocenters. The van der Waals surface area contributed by atoms with Gasteiger partial charge in [0.05, 0.1) is 30.1 Å². The molecule has 8 atom stereocenters. The van der Waals surface area contributed by atoms with Crippen molar-refractivity contribution in [1.29, 1.82) is 0 Å². The molecule has 2 aliphatic carbocycles. The molecule has 5 heterocycles. The Bertz CT molecular complexity index is 1830. The fourth-order valence-corrected chi connectivity index (χ4v) is 12.6. The van der Waals surface area contributed by atoms with E-state index in [9.17, 15) is 42.0 Å². The average Bonchev–Trinajstić information content (AvgIpc) is 4.03. The number of thioether (sulfide) groups is 1. The third kappa shape index (κ3) is 12.6.